The molecule has 0 aliphatic heterocycles. The number of rotatable bonds is 3. The van der Waals surface area contributed by atoms with Crippen molar-refractivity contribution in [2.75, 3.05) is 10.6 Å². The summed E-state index contributed by atoms with van der Waals surface area (Å²) in [7, 11) is 0. The maximum absolute atomic E-state index is 12.0. The number of hydrogen-bond donors (Lipinski definition) is 3. The first kappa shape index (κ1) is 12.6. The predicted molar refractivity (Wildman–Crippen MR) is 71.8 cm³/mol. The molecule has 6 heteroatoms. The zero-order chi connectivity index (χ0) is 13.7. The van der Waals surface area contributed by atoms with Crippen molar-refractivity contribution in [2.45, 2.75) is 0 Å². The van der Waals surface area contributed by atoms with E-state index in [2.05, 4.69) is 15.6 Å². The largest absolute Gasteiger partial charge is 0.351 e. The summed E-state index contributed by atoms with van der Waals surface area (Å²) in [4.78, 5) is 26.7. The Kier molecular flexibility index (Phi) is 3.72. The highest BCUT2D eigenvalue weighted by atomic mass is 16.2. The van der Waals surface area contributed by atoms with Gasteiger partial charge in [-0.05, 0) is 30.3 Å². The van der Waals surface area contributed by atoms with Gasteiger partial charge in [0.2, 0.25) is 0 Å². The molecule has 96 valence electrons. The van der Waals surface area contributed by atoms with E-state index in [9.17, 15) is 9.59 Å². The van der Waals surface area contributed by atoms with E-state index in [1.54, 1.807) is 42.6 Å². The number of aromatic nitrogens is 1. The number of hydrogen-bond acceptors (Lipinski definition) is 3. The molecule has 1 aromatic carbocycles. The molecule has 2 rings (SSSR count). The number of nitrogens with two attached hydrogens (primary N) is 1. The van der Waals surface area contributed by atoms with Crippen molar-refractivity contribution in [1.82, 2.24) is 4.98 Å². The molecular weight excluding hydrogens is 244 g/mol. The minimum Gasteiger partial charge on any atom is -0.351 e. The van der Waals surface area contributed by atoms with Crippen LogP contribution in [0.15, 0.2) is 48.7 Å². The summed E-state index contributed by atoms with van der Waals surface area (Å²) in [6, 6.07) is 11.0. The van der Waals surface area contributed by atoms with Crippen LogP contribution in [-0.2, 0) is 0 Å². The highest BCUT2D eigenvalue weighted by molar-refractivity contribution is 6.04. The number of primary amides is 1. The van der Waals surface area contributed by atoms with Crippen molar-refractivity contribution in [1.29, 1.82) is 0 Å². The summed E-state index contributed by atoms with van der Waals surface area (Å²) in [6.45, 7) is 0. The molecule has 0 saturated carbocycles. The Hall–Kier alpha value is -2.89. The molecule has 1 aromatic heterocycles. The van der Waals surface area contributed by atoms with Gasteiger partial charge >= 0.3 is 6.03 Å². The third-order valence-corrected chi connectivity index (χ3v) is 2.30. The van der Waals surface area contributed by atoms with Gasteiger partial charge in [0.15, 0.2) is 0 Å². The SMILES string of the molecule is NC(=O)Nc1cccc(C(=O)Nc2ccccn2)c1. The fraction of sp³-hybridized carbons (Fsp3) is 0. The van der Waals surface area contributed by atoms with Crippen LogP contribution in [0.1, 0.15) is 10.4 Å². The van der Waals surface area contributed by atoms with Crippen LogP contribution in [0.5, 0.6) is 0 Å². The molecule has 4 N–H and O–H groups in total. The first-order valence-corrected chi connectivity index (χ1v) is 5.54. The Labute approximate surface area is 109 Å². The van der Waals surface area contributed by atoms with E-state index < -0.39 is 6.03 Å². The molecule has 0 bridgehead atoms. The average molecular weight is 256 g/mol. The quantitative estimate of drug-likeness (QED) is 0.781. The molecule has 3 amide bonds. The summed E-state index contributed by atoms with van der Waals surface area (Å²) in [5, 5.41) is 5.05. The van der Waals surface area contributed by atoms with Crippen LogP contribution in [-0.4, -0.2) is 16.9 Å². The zero-order valence-electron chi connectivity index (χ0n) is 9.96. The lowest BCUT2D eigenvalue weighted by Crippen LogP contribution is -2.20. The Morgan fingerprint density at radius 1 is 1.05 bits per heavy atom. The van der Waals surface area contributed by atoms with Crippen LogP contribution in [0, 0.1) is 0 Å². The second-order valence-electron chi connectivity index (χ2n) is 3.74. The maximum Gasteiger partial charge on any atom is 0.316 e. The molecule has 0 atom stereocenters. The fourth-order valence-corrected chi connectivity index (χ4v) is 1.51. The Morgan fingerprint density at radius 2 is 1.89 bits per heavy atom. The van der Waals surface area contributed by atoms with Gasteiger partial charge in [-0.1, -0.05) is 12.1 Å². The molecule has 19 heavy (non-hydrogen) atoms. The van der Waals surface area contributed by atoms with Crippen molar-refractivity contribution < 1.29 is 9.59 Å². The Morgan fingerprint density at radius 3 is 2.58 bits per heavy atom. The first-order chi connectivity index (χ1) is 9.15. The van der Waals surface area contributed by atoms with Gasteiger partial charge in [-0.3, -0.25) is 4.79 Å². The predicted octanol–water partition coefficient (Wildman–Crippen LogP) is 1.82. The summed E-state index contributed by atoms with van der Waals surface area (Å²) < 4.78 is 0. The topological polar surface area (TPSA) is 97.1 Å². The van der Waals surface area contributed by atoms with Gasteiger partial charge in [-0.15, -0.1) is 0 Å². The lowest BCUT2D eigenvalue weighted by Gasteiger charge is -2.06. The van der Waals surface area contributed by atoms with E-state index in [1.807, 2.05) is 0 Å². The van der Waals surface area contributed by atoms with E-state index in [0.717, 1.165) is 0 Å². The van der Waals surface area contributed by atoms with Gasteiger partial charge < -0.3 is 16.4 Å². The minimum absolute atomic E-state index is 0.313. The summed E-state index contributed by atoms with van der Waals surface area (Å²) >= 11 is 0. The highest BCUT2D eigenvalue weighted by Gasteiger charge is 2.07. The minimum atomic E-state index is -0.678. The summed E-state index contributed by atoms with van der Waals surface area (Å²) in [6.07, 6.45) is 1.58. The molecule has 0 spiro atoms. The zero-order valence-corrected chi connectivity index (χ0v) is 9.96. The van der Waals surface area contributed by atoms with Crippen LogP contribution in [0.2, 0.25) is 0 Å². The van der Waals surface area contributed by atoms with Crippen molar-refractivity contribution in [3.63, 3.8) is 0 Å². The normalized spacial score (nSPS) is 9.68. The van der Waals surface area contributed by atoms with E-state index in [4.69, 9.17) is 5.73 Å². The van der Waals surface area contributed by atoms with Crippen LogP contribution in [0.4, 0.5) is 16.3 Å². The Balaban J connectivity index is 2.13. The number of benzene rings is 1. The lowest BCUT2D eigenvalue weighted by molar-refractivity contribution is 0.102. The van der Waals surface area contributed by atoms with Crippen molar-refractivity contribution in [3.8, 4) is 0 Å². The molecular formula is C13H12N4O2. The standard InChI is InChI=1S/C13H12N4O2/c14-13(19)16-10-5-3-4-9(8-10)12(18)17-11-6-1-2-7-15-11/h1-8H,(H3,14,16,19)(H,15,17,18). The molecule has 1 heterocycles. The molecule has 0 unspecified atom stereocenters. The molecule has 0 fully saturated rings. The number of carbonyl (C=O) groups excluding carboxylic acids is 2. The summed E-state index contributed by atoms with van der Waals surface area (Å²) in [5.41, 5.74) is 5.87. The van der Waals surface area contributed by atoms with Gasteiger partial charge in [-0.2, -0.15) is 0 Å². The van der Waals surface area contributed by atoms with Gasteiger partial charge in [0.05, 0.1) is 0 Å². The molecule has 6 nitrogen and oxygen atoms in total. The molecule has 0 aliphatic rings. The number of pyridine rings is 1. The number of nitrogens with one attached hydrogen (secondary N) is 2. The van der Waals surface area contributed by atoms with Gasteiger partial charge in [0.25, 0.3) is 5.91 Å². The van der Waals surface area contributed by atoms with E-state index in [0.29, 0.717) is 17.1 Å². The van der Waals surface area contributed by atoms with Gasteiger partial charge in [0.1, 0.15) is 5.82 Å². The van der Waals surface area contributed by atoms with Crippen LogP contribution in [0.3, 0.4) is 0 Å². The number of urea groups is 1. The third-order valence-electron chi connectivity index (χ3n) is 2.30. The molecule has 0 radical (unpaired) electrons. The first-order valence-electron chi connectivity index (χ1n) is 5.54. The monoisotopic (exact) mass is 256 g/mol. The highest BCUT2D eigenvalue weighted by Crippen LogP contribution is 2.12. The fourth-order valence-electron chi connectivity index (χ4n) is 1.51. The second-order valence-corrected chi connectivity index (χ2v) is 3.74. The number of nitrogens with zero attached hydrogens (tertiary/aromatic N) is 1. The average Bonchev–Trinajstić information content (AvgIpc) is 2.39. The van der Waals surface area contributed by atoms with Crippen molar-refractivity contribution in [3.05, 3.63) is 54.2 Å². The number of carbonyl (C=O) groups is 2. The van der Waals surface area contributed by atoms with Gasteiger partial charge in [0, 0.05) is 17.4 Å². The van der Waals surface area contributed by atoms with Gasteiger partial charge in [-0.25, -0.2) is 9.78 Å². The third kappa shape index (κ3) is 3.53. The molecule has 2 aromatic rings. The van der Waals surface area contributed by atoms with Crippen LogP contribution >= 0.6 is 0 Å². The lowest BCUT2D eigenvalue weighted by atomic mass is 10.2. The van der Waals surface area contributed by atoms with Crippen LogP contribution in [0.25, 0.3) is 0 Å². The molecule has 0 aliphatic carbocycles. The van der Waals surface area contributed by atoms with Crippen LogP contribution < -0.4 is 16.4 Å². The molecule has 0 saturated heterocycles. The van der Waals surface area contributed by atoms with Crippen molar-refractivity contribution >= 4 is 23.4 Å². The smallest absolute Gasteiger partial charge is 0.316 e. The second kappa shape index (κ2) is 5.63. The maximum atomic E-state index is 12.0. The number of anilines is 2. The Bertz CT molecular complexity index is 599. The van der Waals surface area contributed by atoms with E-state index in [-0.39, 0.29) is 5.91 Å². The van der Waals surface area contributed by atoms with Crippen molar-refractivity contribution in [2.24, 2.45) is 5.73 Å². The van der Waals surface area contributed by atoms with E-state index in [1.165, 1.54) is 6.07 Å². The summed E-state index contributed by atoms with van der Waals surface area (Å²) in [5.74, 6) is 0.146. The van der Waals surface area contributed by atoms with E-state index >= 15 is 0 Å². The number of amides is 3.